The Hall–Kier alpha value is -2.44. The Bertz CT molecular complexity index is 765. The summed E-state index contributed by atoms with van der Waals surface area (Å²) in [6.45, 7) is 2.06. The monoisotopic (exact) mass is 276 g/mol. The van der Waals surface area contributed by atoms with E-state index in [2.05, 4.69) is 30.1 Å². The average Bonchev–Trinajstić information content (AvgIpc) is 2.93. The lowest BCUT2D eigenvalue weighted by molar-refractivity contribution is 1.38. The normalized spacial score (nSPS) is 10.2. The molecular formula is C17H12N2S. The van der Waals surface area contributed by atoms with Crippen LogP contribution in [0.15, 0.2) is 54.6 Å². The van der Waals surface area contributed by atoms with Gasteiger partial charge in [0.25, 0.3) is 0 Å². The molecule has 0 aliphatic heterocycles. The molecule has 3 rings (SSSR count). The number of hydrogen-bond donors (Lipinski definition) is 0. The minimum atomic E-state index is 0.659. The highest BCUT2D eigenvalue weighted by molar-refractivity contribution is 7.16. The average molecular weight is 276 g/mol. The van der Waals surface area contributed by atoms with Gasteiger partial charge in [-0.1, -0.05) is 60.2 Å². The molecule has 0 atom stereocenters. The smallest absolute Gasteiger partial charge is 0.133 e. The van der Waals surface area contributed by atoms with Crippen molar-refractivity contribution in [3.05, 3.63) is 65.0 Å². The third kappa shape index (κ3) is 2.34. The molecule has 0 fully saturated rings. The van der Waals surface area contributed by atoms with E-state index in [9.17, 15) is 5.26 Å². The van der Waals surface area contributed by atoms with Gasteiger partial charge in [0.15, 0.2) is 0 Å². The molecule has 3 heteroatoms. The summed E-state index contributed by atoms with van der Waals surface area (Å²) in [5, 5.41) is 10.2. The summed E-state index contributed by atoms with van der Waals surface area (Å²) in [4.78, 5) is 5.31. The number of aromatic nitrogens is 1. The highest BCUT2D eigenvalue weighted by atomic mass is 32.1. The molecule has 0 aliphatic carbocycles. The largest absolute Gasteiger partial charge is 0.235 e. The lowest BCUT2D eigenvalue weighted by atomic mass is 10.1. The van der Waals surface area contributed by atoms with Gasteiger partial charge in [-0.25, -0.2) is 4.98 Å². The Morgan fingerprint density at radius 3 is 2.30 bits per heavy atom. The van der Waals surface area contributed by atoms with E-state index in [4.69, 9.17) is 0 Å². The fourth-order valence-electron chi connectivity index (χ4n) is 2.01. The van der Waals surface area contributed by atoms with Crippen molar-refractivity contribution in [2.75, 3.05) is 0 Å². The SMILES string of the molecule is Cc1ccc(-c2nc(-c3ccccc3)c(C#N)s2)cc1. The maximum Gasteiger partial charge on any atom is 0.133 e. The van der Waals surface area contributed by atoms with Crippen LogP contribution in [0.4, 0.5) is 0 Å². The third-order valence-electron chi connectivity index (χ3n) is 3.07. The van der Waals surface area contributed by atoms with Crippen molar-refractivity contribution in [3.8, 4) is 27.9 Å². The first-order chi connectivity index (χ1) is 9.78. The Balaban J connectivity index is 2.10. The van der Waals surface area contributed by atoms with Gasteiger partial charge in [-0.2, -0.15) is 5.26 Å². The topological polar surface area (TPSA) is 36.7 Å². The number of aryl methyl sites for hydroxylation is 1. The van der Waals surface area contributed by atoms with E-state index >= 15 is 0 Å². The van der Waals surface area contributed by atoms with Crippen molar-refractivity contribution in [3.63, 3.8) is 0 Å². The van der Waals surface area contributed by atoms with Crippen LogP contribution in [0.2, 0.25) is 0 Å². The quantitative estimate of drug-likeness (QED) is 0.682. The van der Waals surface area contributed by atoms with Gasteiger partial charge in [-0.15, -0.1) is 11.3 Å². The second-order valence-electron chi connectivity index (χ2n) is 4.54. The van der Waals surface area contributed by atoms with Crippen LogP contribution in [0.5, 0.6) is 0 Å². The molecule has 2 aromatic carbocycles. The maximum atomic E-state index is 9.30. The first-order valence-corrected chi connectivity index (χ1v) is 7.13. The Labute approximate surface area is 122 Å². The van der Waals surface area contributed by atoms with Gasteiger partial charge in [0.05, 0.1) is 5.69 Å². The van der Waals surface area contributed by atoms with Crippen LogP contribution < -0.4 is 0 Å². The van der Waals surface area contributed by atoms with E-state index in [1.54, 1.807) is 0 Å². The van der Waals surface area contributed by atoms with Crippen molar-refractivity contribution < 1.29 is 0 Å². The molecule has 20 heavy (non-hydrogen) atoms. The van der Waals surface area contributed by atoms with E-state index in [1.165, 1.54) is 16.9 Å². The molecule has 0 bridgehead atoms. The molecule has 3 aromatic rings. The summed E-state index contributed by atoms with van der Waals surface area (Å²) < 4.78 is 0. The predicted octanol–water partition coefficient (Wildman–Crippen LogP) is 4.66. The summed E-state index contributed by atoms with van der Waals surface area (Å²) in [6, 6.07) is 20.3. The second-order valence-corrected chi connectivity index (χ2v) is 5.54. The number of nitriles is 1. The first kappa shape index (κ1) is 12.6. The summed E-state index contributed by atoms with van der Waals surface area (Å²) in [5.74, 6) is 0. The molecule has 0 aliphatic rings. The minimum Gasteiger partial charge on any atom is -0.235 e. The molecule has 2 nitrogen and oxygen atoms in total. The number of benzene rings is 2. The van der Waals surface area contributed by atoms with Gasteiger partial charge >= 0.3 is 0 Å². The molecule has 0 spiro atoms. The van der Waals surface area contributed by atoms with Crippen molar-refractivity contribution in [1.82, 2.24) is 4.98 Å². The van der Waals surface area contributed by atoms with E-state index in [0.29, 0.717) is 4.88 Å². The molecule has 0 amide bonds. The molecule has 0 saturated carbocycles. The van der Waals surface area contributed by atoms with E-state index in [1.807, 2.05) is 42.5 Å². The molecule has 0 unspecified atom stereocenters. The van der Waals surface area contributed by atoms with Crippen LogP contribution in [0.3, 0.4) is 0 Å². The van der Waals surface area contributed by atoms with Crippen molar-refractivity contribution in [2.45, 2.75) is 6.92 Å². The van der Waals surface area contributed by atoms with Crippen molar-refractivity contribution in [1.29, 1.82) is 5.26 Å². The van der Waals surface area contributed by atoms with Gasteiger partial charge in [0.1, 0.15) is 16.0 Å². The molecule has 0 radical (unpaired) electrons. The van der Waals surface area contributed by atoms with Crippen molar-refractivity contribution in [2.24, 2.45) is 0 Å². The summed E-state index contributed by atoms with van der Waals surface area (Å²) in [5.41, 5.74) is 4.03. The maximum absolute atomic E-state index is 9.30. The van der Waals surface area contributed by atoms with Gasteiger partial charge in [-0.3, -0.25) is 0 Å². The van der Waals surface area contributed by atoms with Crippen LogP contribution in [0.25, 0.3) is 21.8 Å². The van der Waals surface area contributed by atoms with Crippen LogP contribution in [-0.4, -0.2) is 4.98 Å². The van der Waals surface area contributed by atoms with Gasteiger partial charge in [-0.05, 0) is 6.92 Å². The zero-order chi connectivity index (χ0) is 13.9. The highest BCUT2D eigenvalue weighted by Gasteiger charge is 2.13. The van der Waals surface area contributed by atoms with Crippen LogP contribution in [0, 0.1) is 18.3 Å². The lowest BCUT2D eigenvalue weighted by Crippen LogP contribution is -1.81. The van der Waals surface area contributed by atoms with E-state index in [0.717, 1.165) is 21.8 Å². The van der Waals surface area contributed by atoms with Crippen molar-refractivity contribution >= 4 is 11.3 Å². The van der Waals surface area contributed by atoms with Gasteiger partial charge in [0, 0.05) is 11.1 Å². The van der Waals surface area contributed by atoms with Crippen LogP contribution in [-0.2, 0) is 0 Å². The molecule has 0 N–H and O–H groups in total. The number of thiazole rings is 1. The zero-order valence-corrected chi connectivity index (χ0v) is 11.8. The molecule has 1 heterocycles. The number of rotatable bonds is 2. The summed E-state index contributed by atoms with van der Waals surface area (Å²) in [6.07, 6.45) is 0. The number of nitrogens with zero attached hydrogens (tertiary/aromatic N) is 2. The Morgan fingerprint density at radius 2 is 1.65 bits per heavy atom. The minimum absolute atomic E-state index is 0.659. The van der Waals surface area contributed by atoms with Crippen LogP contribution in [0.1, 0.15) is 10.4 Å². The lowest BCUT2D eigenvalue weighted by Gasteiger charge is -1.97. The van der Waals surface area contributed by atoms with Gasteiger partial charge < -0.3 is 0 Å². The third-order valence-corrected chi connectivity index (χ3v) is 4.08. The molecular weight excluding hydrogens is 264 g/mol. The van der Waals surface area contributed by atoms with Crippen LogP contribution >= 0.6 is 11.3 Å². The zero-order valence-electron chi connectivity index (χ0n) is 11.0. The Kier molecular flexibility index (Phi) is 3.32. The summed E-state index contributed by atoms with van der Waals surface area (Å²) >= 11 is 1.44. The fraction of sp³-hybridized carbons (Fsp3) is 0.0588. The van der Waals surface area contributed by atoms with E-state index < -0.39 is 0 Å². The summed E-state index contributed by atoms with van der Waals surface area (Å²) in [7, 11) is 0. The first-order valence-electron chi connectivity index (χ1n) is 6.31. The Morgan fingerprint density at radius 1 is 0.950 bits per heavy atom. The predicted molar refractivity (Wildman–Crippen MR) is 82.4 cm³/mol. The molecule has 0 saturated heterocycles. The highest BCUT2D eigenvalue weighted by Crippen LogP contribution is 2.33. The fourth-order valence-corrected chi connectivity index (χ4v) is 2.90. The van der Waals surface area contributed by atoms with Gasteiger partial charge in [0.2, 0.25) is 0 Å². The number of hydrogen-bond acceptors (Lipinski definition) is 3. The molecule has 1 aromatic heterocycles. The molecule has 96 valence electrons. The standard InChI is InChI=1S/C17H12N2S/c1-12-7-9-14(10-8-12)17-19-16(15(11-18)20-17)13-5-3-2-4-6-13/h2-10H,1H3. The second kappa shape index (κ2) is 5.28. The van der Waals surface area contributed by atoms with E-state index in [-0.39, 0.29) is 0 Å².